The van der Waals surface area contributed by atoms with Crippen LogP contribution in [0.3, 0.4) is 0 Å². The molecule has 0 fully saturated rings. The summed E-state index contributed by atoms with van der Waals surface area (Å²) in [5, 5.41) is 8.37. The highest BCUT2D eigenvalue weighted by Crippen LogP contribution is 2.28. The molecule has 0 spiro atoms. The molecule has 0 amide bonds. The van der Waals surface area contributed by atoms with Gasteiger partial charge in [-0.3, -0.25) is 4.40 Å². The summed E-state index contributed by atoms with van der Waals surface area (Å²) in [6, 6.07) is 11.6. The van der Waals surface area contributed by atoms with Gasteiger partial charge in [-0.2, -0.15) is 0 Å². The highest BCUT2D eigenvalue weighted by molar-refractivity contribution is 5.62. The molecule has 0 aliphatic carbocycles. The van der Waals surface area contributed by atoms with E-state index in [1.54, 1.807) is 7.11 Å². The van der Waals surface area contributed by atoms with E-state index in [2.05, 4.69) is 15.2 Å². The van der Waals surface area contributed by atoms with Gasteiger partial charge in [-0.15, -0.1) is 10.2 Å². The zero-order valence-electron chi connectivity index (χ0n) is 13.6. The molecule has 3 aromatic heterocycles. The molecule has 0 aliphatic rings. The Balaban J connectivity index is 1.78. The first-order valence-electron chi connectivity index (χ1n) is 7.59. The van der Waals surface area contributed by atoms with Gasteiger partial charge >= 0.3 is 0 Å². The van der Waals surface area contributed by atoms with E-state index in [9.17, 15) is 0 Å². The van der Waals surface area contributed by atoms with Gasteiger partial charge in [-0.25, -0.2) is 4.98 Å². The molecular weight excluding hydrogens is 304 g/mol. The summed E-state index contributed by atoms with van der Waals surface area (Å²) in [6.45, 7) is 3.98. The fourth-order valence-corrected chi connectivity index (χ4v) is 2.69. The lowest BCUT2D eigenvalue weighted by atomic mass is 10.2. The van der Waals surface area contributed by atoms with Gasteiger partial charge in [0.2, 0.25) is 5.89 Å². The molecule has 0 aliphatic heterocycles. The lowest BCUT2D eigenvalue weighted by Gasteiger charge is -2.00. The van der Waals surface area contributed by atoms with Gasteiger partial charge in [0.05, 0.1) is 12.8 Å². The van der Waals surface area contributed by atoms with E-state index in [-0.39, 0.29) is 0 Å². The van der Waals surface area contributed by atoms with E-state index < -0.39 is 0 Å². The number of fused-ring (bicyclic) bond motifs is 1. The van der Waals surface area contributed by atoms with E-state index in [0.717, 1.165) is 33.9 Å². The number of imidazole rings is 1. The summed E-state index contributed by atoms with van der Waals surface area (Å²) >= 11 is 0. The minimum Gasteiger partial charge on any atom is -0.497 e. The van der Waals surface area contributed by atoms with Crippen LogP contribution in [0.1, 0.15) is 11.3 Å². The Morgan fingerprint density at radius 3 is 2.50 bits per heavy atom. The van der Waals surface area contributed by atoms with E-state index >= 15 is 0 Å². The molecule has 0 N–H and O–H groups in total. The van der Waals surface area contributed by atoms with Crippen LogP contribution in [0.15, 0.2) is 47.0 Å². The molecule has 4 aromatic rings. The SMILES string of the molecule is COc1ccc(-c2nnc(-c3c(C)nc4cc(C)ccn34)o2)cc1. The summed E-state index contributed by atoms with van der Waals surface area (Å²) in [6.07, 6.45) is 1.97. The Bertz CT molecular complexity index is 1020. The molecule has 0 bridgehead atoms. The monoisotopic (exact) mass is 320 g/mol. The third-order valence-electron chi connectivity index (χ3n) is 3.92. The van der Waals surface area contributed by atoms with Gasteiger partial charge in [0, 0.05) is 11.8 Å². The molecule has 24 heavy (non-hydrogen) atoms. The van der Waals surface area contributed by atoms with Crippen LogP contribution < -0.4 is 4.74 Å². The molecule has 3 heterocycles. The van der Waals surface area contributed by atoms with Crippen LogP contribution in [-0.2, 0) is 0 Å². The van der Waals surface area contributed by atoms with Gasteiger partial charge in [0.25, 0.3) is 5.89 Å². The molecule has 6 heteroatoms. The van der Waals surface area contributed by atoms with Gasteiger partial charge in [0.1, 0.15) is 17.1 Å². The Morgan fingerprint density at radius 2 is 1.75 bits per heavy atom. The predicted octanol–water partition coefficient (Wildman–Crippen LogP) is 3.68. The number of rotatable bonds is 3. The lowest BCUT2D eigenvalue weighted by molar-refractivity contribution is 0.415. The molecule has 120 valence electrons. The number of hydrogen-bond donors (Lipinski definition) is 0. The molecule has 0 saturated heterocycles. The predicted molar refractivity (Wildman–Crippen MR) is 89.9 cm³/mol. The maximum absolute atomic E-state index is 5.88. The number of pyridine rings is 1. The Kier molecular flexibility index (Phi) is 3.30. The molecule has 0 radical (unpaired) electrons. The van der Waals surface area contributed by atoms with Crippen molar-refractivity contribution in [2.24, 2.45) is 0 Å². The second-order valence-electron chi connectivity index (χ2n) is 5.62. The van der Waals surface area contributed by atoms with Crippen LogP contribution in [0.5, 0.6) is 5.75 Å². The van der Waals surface area contributed by atoms with Crippen LogP contribution in [0, 0.1) is 13.8 Å². The third kappa shape index (κ3) is 2.32. The van der Waals surface area contributed by atoms with Crippen LogP contribution in [0.25, 0.3) is 28.7 Å². The number of ether oxygens (including phenoxy) is 1. The quantitative estimate of drug-likeness (QED) is 0.576. The van der Waals surface area contributed by atoms with Crippen LogP contribution >= 0.6 is 0 Å². The fraction of sp³-hybridized carbons (Fsp3) is 0.167. The van der Waals surface area contributed by atoms with Crippen molar-refractivity contribution in [3.8, 4) is 28.8 Å². The standard InChI is InChI=1S/C18H16N4O2/c1-11-8-9-22-15(10-11)19-12(2)16(22)18-21-20-17(24-18)13-4-6-14(23-3)7-5-13/h4-10H,1-3H3. The van der Waals surface area contributed by atoms with Crippen molar-refractivity contribution in [1.29, 1.82) is 0 Å². The number of nitrogens with zero attached hydrogens (tertiary/aromatic N) is 4. The molecule has 0 atom stereocenters. The maximum atomic E-state index is 5.88. The first-order valence-corrected chi connectivity index (χ1v) is 7.59. The molecule has 0 unspecified atom stereocenters. The average Bonchev–Trinajstić information content (AvgIpc) is 3.18. The van der Waals surface area contributed by atoms with Crippen molar-refractivity contribution >= 4 is 5.65 Å². The number of benzene rings is 1. The lowest BCUT2D eigenvalue weighted by Crippen LogP contribution is -1.89. The number of hydrogen-bond acceptors (Lipinski definition) is 5. The Hall–Kier alpha value is -3.15. The first-order chi connectivity index (χ1) is 11.7. The van der Waals surface area contributed by atoms with Crippen LogP contribution in [0.4, 0.5) is 0 Å². The van der Waals surface area contributed by atoms with Crippen molar-refractivity contribution < 1.29 is 9.15 Å². The zero-order chi connectivity index (χ0) is 16.7. The smallest absolute Gasteiger partial charge is 0.266 e. The van der Waals surface area contributed by atoms with Crippen LogP contribution in [-0.4, -0.2) is 26.7 Å². The van der Waals surface area contributed by atoms with E-state index in [1.807, 2.05) is 60.8 Å². The van der Waals surface area contributed by atoms with E-state index in [1.165, 1.54) is 0 Å². The van der Waals surface area contributed by atoms with Gasteiger partial charge < -0.3 is 9.15 Å². The summed E-state index contributed by atoms with van der Waals surface area (Å²) in [4.78, 5) is 4.57. The Morgan fingerprint density at radius 1 is 1.00 bits per heavy atom. The van der Waals surface area contributed by atoms with E-state index in [0.29, 0.717) is 11.8 Å². The summed E-state index contributed by atoms with van der Waals surface area (Å²) in [7, 11) is 1.63. The first kappa shape index (κ1) is 14.4. The highest BCUT2D eigenvalue weighted by atomic mass is 16.5. The Labute approximate surface area is 138 Å². The zero-order valence-corrected chi connectivity index (χ0v) is 13.6. The maximum Gasteiger partial charge on any atom is 0.266 e. The third-order valence-corrected chi connectivity index (χ3v) is 3.92. The topological polar surface area (TPSA) is 65.5 Å². The summed E-state index contributed by atoms with van der Waals surface area (Å²) in [5.41, 5.74) is 4.54. The average molecular weight is 320 g/mol. The summed E-state index contributed by atoms with van der Waals surface area (Å²) in [5.74, 6) is 1.70. The second-order valence-corrected chi connectivity index (χ2v) is 5.62. The van der Waals surface area contributed by atoms with Gasteiger partial charge in [0.15, 0.2) is 0 Å². The highest BCUT2D eigenvalue weighted by Gasteiger charge is 2.18. The second kappa shape index (κ2) is 5.49. The molecule has 0 saturated carbocycles. The van der Waals surface area contributed by atoms with Crippen molar-refractivity contribution in [2.45, 2.75) is 13.8 Å². The normalized spacial score (nSPS) is 11.1. The molecule has 6 nitrogen and oxygen atoms in total. The van der Waals surface area contributed by atoms with Gasteiger partial charge in [-0.05, 0) is 55.8 Å². The van der Waals surface area contributed by atoms with Crippen molar-refractivity contribution in [2.75, 3.05) is 7.11 Å². The number of aryl methyl sites for hydroxylation is 2. The molecule has 4 rings (SSSR count). The summed E-state index contributed by atoms with van der Waals surface area (Å²) < 4.78 is 13.0. The van der Waals surface area contributed by atoms with Gasteiger partial charge in [-0.1, -0.05) is 0 Å². The minimum absolute atomic E-state index is 0.453. The molecule has 1 aromatic carbocycles. The number of methoxy groups -OCH3 is 1. The van der Waals surface area contributed by atoms with E-state index in [4.69, 9.17) is 9.15 Å². The van der Waals surface area contributed by atoms with Crippen LogP contribution in [0.2, 0.25) is 0 Å². The largest absolute Gasteiger partial charge is 0.497 e. The van der Waals surface area contributed by atoms with Crippen molar-refractivity contribution in [3.05, 3.63) is 53.9 Å². The fourth-order valence-electron chi connectivity index (χ4n) is 2.69. The molecular formula is C18H16N4O2. The van der Waals surface area contributed by atoms with Crippen molar-refractivity contribution in [3.63, 3.8) is 0 Å². The number of aromatic nitrogens is 4. The minimum atomic E-state index is 0.453. The van der Waals surface area contributed by atoms with Crippen molar-refractivity contribution in [1.82, 2.24) is 19.6 Å².